The van der Waals surface area contributed by atoms with Gasteiger partial charge in [0.1, 0.15) is 6.54 Å². The quantitative estimate of drug-likeness (QED) is 0.542. The van der Waals surface area contributed by atoms with E-state index in [2.05, 4.69) is 0 Å². The number of rotatable bonds is 6. The molecule has 28 heavy (non-hydrogen) atoms. The highest BCUT2D eigenvalue weighted by molar-refractivity contribution is 6.45. The molecule has 1 aliphatic heterocycles. The third-order valence-electron chi connectivity index (χ3n) is 5.13. The van der Waals surface area contributed by atoms with E-state index in [0.717, 1.165) is 17.7 Å². The second-order valence-electron chi connectivity index (χ2n) is 7.01. The van der Waals surface area contributed by atoms with E-state index in [4.69, 9.17) is 4.74 Å². The first-order chi connectivity index (χ1) is 13.3. The van der Waals surface area contributed by atoms with Crippen LogP contribution < -0.4 is 4.74 Å². The topological polar surface area (TPSA) is 87.2 Å². The number of methoxy groups -OCH3 is 1. The summed E-state index contributed by atoms with van der Waals surface area (Å²) < 4.78 is 18.7. The van der Waals surface area contributed by atoms with Crippen LogP contribution >= 0.6 is 0 Å². The number of halogens is 1. The van der Waals surface area contributed by atoms with Crippen molar-refractivity contribution in [3.8, 4) is 5.75 Å². The van der Waals surface area contributed by atoms with Crippen LogP contribution in [0.1, 0.15) is 31.2 Å². The lowest BCUT2D eigenvalue weighted by atomic mass is 10.2. The molecule has 0 spiro atoms. The lowest BCUT2D eigenvalue weighted by Gasteiger charge is -2.22. The molecule has 1 aromatic carbocycles. The van der Waals surface area contributed by atoms with Gasteiger partial charge in [0.05, 0.1) is 7.11 Å². The van der Waals surface area contributed by atoms with Gasteiger partial charge in [-0.2, -0.15) is 0 Å². The molecule has 2 aliphatic rings. The van der Waals surface area contributed by atoms with Crippen molar-refractivity contribution in [1.82, 2.24) is 14.7 Å². The number of imide groups is 2. The van der Waals surface area contributed by atoms with Crippen LogP contribution in [-0.2, 0) is 20.9 Å². The molecule has 1 heterocycles. The molecule has 1 aliphatic carbocycles. The number of likely N-dealkylation sites (N-methyl/N-ethyl adjacent to an activating group) is 1. The Hall–Kier alpha value is -2.97. The zero-order valence-corrected chi connectivity index (χ0v) is 15.8. The number of urea groups is 1. The molecule has 0 bridgehead atoms. The minimum absolute atomic E-state index is 0.0796. The Balaban J connectivity index is 1.64. The van der Waals surface area contributed by atoms with Crippen molar-refractivity contribution in [3.05, 3.63) is 29.6 Å². The predicted molar refractivity (Wildman–Crippen MR) is 95.6 cm³/mol. The first-order valence-corrected chi connectivity index (χ1v) is 9.09. The lowest BCUT2D eigenvalue weighted by molar-refractivity contribution is -0.145. The van der Waals surface area contributed by atoms with Gasteiger partial charge in [0.25, 0.3) is 0 Å². The molecular formula is C19H22FN3O5. The molecule has 2 fully saturated rings. The summed E-state index contributed by atoms with van der Waals surface area (Å²) in [6.45, 7) is -0.446. The van der Waals surface area contributed by atoms with Gasteiger partial charge in [0.2, 0.25) is 5.91 Å². The van der Waals surface area contributed by atoms with Crippen LogP contribution in [0.5, 0.6) is 5.75 Å². The summed E-state index contributed by atoms with van der Waals surface area (Å²) in [5.74, 6) is -2.84. The highest BCUT2D eigenvalue weighted by Gasteiger charge is 2.48. The average molecular weight is 391 g/mol. The molecule has 3 rings (SSSR count). The SMILES string of the molecule is COc1ccc(CN(C)C(=O)CN2C(=O)C(=O)N(C3CCCC3)C2=O)cc1F. The van der Waals surface area contributed by atoms with Crippen molar-refractivity contribution in [1.29, 1.82) is 0 Å². The molecule has 0 N–H and O–H groups in total. The van der Waals surface area contributed by atoms with Gasteiger partial charge in [0.15, 0.2) is 11.6 Å². The summed E-state index contributed by atoms with van der Waals surface area (Å²) in [5.41, 5.74) is 0.525. The van der Waals surface area contributed by atoms with Crippen molar-refractivity contribution in [2.45, 2.75) is 38.3 Å². The molecule has 0 aromatic heterocycles. The third-order valence-corrected chi connectivity index (χ3v) is 5.13. The van der Waals surface area contributed by atoms with Crippen molar-refractivity contribution in [3.63, 3.8) is 0 Å². The Kier molecular flexibility index (Phi) is 5.62. The first kappa shape index (κ1) is 19.8. The van der Waals surface area contributed by atoms with Crippen LogP contribution in [0.4, 0.5) is 9.18 Å². The normalized spacial score (nSPS) is 17.6. The Labute approximate surface area is 161 Å². The van der Waals surface area contributed by atoms with Crippen LogP contribution in [0.25, 0.3) is 0 Å². The zero-order valence-electron chi connectivity index (χ0n) is 15.8. The van der Waals surface area contributed by atoms with Gasteiger partial charge in [-0.25, -0.2) is 14.1 Å². The number of hydrogen-bond acceptors (Lipinski definition) is 5. The molecule has 1 saturated heterocycles. The van der Waals surface area contributed by atoms with Crippen LogP contribution in [0.3, 0.4) is 0 Å². The second kappa shape index (κ2) is 7.95. The fourth-order valence-electron chi connectivity index (χ4n) is 3.57. The summed E-state index contributed by atoms with van der Waals surface area (Å²) in [5, 5.41) is 0. The number of benzene rings is 1. The van der Waals surface area contributed by atoms with Gasteiger partial charge in [-0.1, -0.05) is 18.9 Å². The highest BCUT2D eigenvalue weighted by Crippen LogP contribution is 2.27. The number of carbonyl (C=O) groups is 4. The fraction of sp³-hybridized carbons (Fsp3) is 0.474. The monoisotopic (exact) mass is 391 g/mol. The van der Waals surface area contributed by atoms with Crippen molar-refractivity contribution in [2.24, 2.45) is 0 Å². The number of ether oxygens (including phenoxy) is 1. The highest BCUT2D eigenvalue weighted by atomic mass is 19.1. The smallest absolute Gasteiger partial charge is 0.334 e. The number of hydrogen-bond donors (Lipinski definition) is 0. The van der Waals surface area contributed by atoms with E-state index in [0.29, 0.717) is 23.3 Å². The molecule has 5 amide bonds. The molecule has 0 radical (unpaired) electrons. The minimum atomic E-state index is -0.978. The van der Waals surface area contributed by atoms with Gasteiger partial charge >= 0.3 is 17.8 Å². The summed E-state index contributed by atoms with van der Waals surface area (Å²) in [6, 6.07) is 3.31. The molecule has 150 valence electrons. The Morgan fingerprint density at radius 1 is 1.21 bits per heavy atom. The molecule has 1 saturated carbocycles. The second-order valence-corrected chi connectivity index (χ2v) is 7.01. The summed E-state index contributed by atoms with van der Waals surface area (Å²) in [6.07, 6.45) is 3.15. The summed E-state index contributed by atoms with van der Waals surface area (Å²) >= 11 is 0. The van der Waals surface area contributed by atoms with E-state index in [9.17, 15) is 23.6 Å². The molecule has 0 unspecified atom stereocenters. The third kappa shape index (κ3) is 3.69. The van der Waals surface area contributed by atoms with E-state index < -0.39 is 36.1 Å². The van der Waals surface area contributed by atoms with Crippen LogP contribution in [-0.4, -0.2) is 65.2 Å². The summed E-state index contributed by atoms with van der Waals surface area (Å²) in [4.78, 5) is 52.3. The van der Waals surface area contributed by atoms with Crippen molar-refractivity contribution >= 4 is 23.8 Å². The lowest BCUT2D eigenvalue weighted by Crippen LogP contribution is -2.43. The van der Waals surface area contributed by atoms with E-state index in [-0.39, 0.29) is 18.3 Å². The predicted octanol–water partition coefficient (Wildman–Crippen LogP) is 1.53. The zero-order chi connectivity index (χ0) is 20.4. The Morgan fingerprint density at radius 3 is 2.50 bits per heavy atom. The Morgan fingerprint density at radius 2 is 1.89 bits per heavy atom. The number of carbonyl (C=O) groups excluding carboxylic acids is 4. The maximum absolute atomic E-state index is 13.8. The van der Waals surface area contributed by atoms with E-state index in [1.807, 2.05) is 0 Å². The number of amides is 5. The van der Waals surface area contributed by atoms with Gasteiger partial charge in [-0.15, -0.1) is 0 Å². The fourth-order valence-corrected chi connectivity index (χ4v) is 3.57. The van der Waals surface area contributed by atoms with E-state index in [1.54, 1.807) is 6.07 Å². The van der Waals surface area contributed by atoms with Crippen molar-refractivity contribution < 1.29 is 28.3 Å². The van der Waals surface area contributed by atoms with E-state index in [1.165, 1.54) is 31.2 Å². The van der Waals surface area contributed by atoms with Gasteiger partial charge in [-0.3, -0.25) is 19.3 Å². The number of nitrogens with zero attached hydrogens (tertiary/aromatic N) is 3. The molecular weight excluding hydrogens is 369 g/mol. The standard InChI is InChI=1S/C19H22FN3O5/c1-21(10-12-7-8-15(28-2)14(20)9-12)16(24)11-22-17(25)18(26)23(19(22)27)13-5-3-4-6-13/h7-9,13H,3-6,10-11H2,1-2H3. The minimum Gasteiger partial charge on any atom is -0.494 e. The molecule has 8 nitrogen and oxygen atoms in total. The van der Waals surface area contributed by atoms with Crippen LogP contribution in [0.2, 0.25) is 0 Å². The Bertz CT molecular complexity index is 822. The first-order valence-electron chi connectivity index (χ1n) is 9.09. The molecule has 0 atom stereocenters. The van der Waals surface area contributed by atoms with Crippen LogP contribution in [0.15, 0.2) is 18.2 Å². The maximum Gasteiger partial charge on any atom is 0.334 e. The van der Waals surface area contributed by atoms with Crippen LogP contribution in [0, 0.1) is 5.82 Å². The summed E-state index contributed by atoms with van der Waals surface area (Å²) in [7, 11) is 2.83. The molecule has 9 heteroatoms. The van der Waals surface area contributed by atoms with Gasteiger partial charge in [-0.05, 0) is 30.5 Å². The van der Waals surface area contributed by atoms with E-state index >= 15 is 0 Å². The molecule has 1 aromatic rings. The average Bonchev–Trinajstić information content (AvgIpc) is 3.25. The largest absolute Gasteiger partial charge is 0.494 e. The van der Waals surface area contributed by atoms with Gasteiger partial charge in [0, 0.05) is 19.6 Å². The van der Waals surface area contributed by atoms with Crippen molar-refractivity contribution in [2.75, 3.05) is 20.7 Å². The van der Waals surface area contributed by atoms with Gasteiger partial charge < -0.3 is 9.64 Å². The maximum atomic E-state index is 13.8.